The Morgan fingerprint density at radius 3 is 2.32 bits per heavy atom. The monoisotopic (exact) mass is 261 g/mol. The normalized spacial score (nSPS) is 23.1. The lowest BCUT2D eigenvalue weighted by Crippen LogP contribution is -2.56. The lowest BCUT2D eigenvalue weighted by Gasteiger charge is -2.52. The van der Waals surface area contributed by atoms with E-state index in [1.54, 1.807) is 7.11 Å². The van der Waals surface area contributed by atoms with Gasteiger partial charge in [-0.25, -0.2) is 0 Å². The fraction of sp³-hybridized carbons (Fsp3) is 0.625. The molecule has 1 aliphatic heterocycles. The molecule has 0 bridgehead atoms. The smallest absolute Gasteiger partial charge is 0.161 e. The lowest BCUT2D eigenvalue weighted by molar-refractivity contribution is -0.0352. The maximum absolute atomic E-state index is 6.13. The van der Waals surface area contributed by atoms with Crippen molar-refractivity contribution in [3.63, 3.8) is 0 Å². The Balaban J connectivity index is 1.57. The molecule has 0 amide bonds. The molecule has 1 saturated carbocycles. The number of benzene rings is 1. The Kier molecular flexibility index (Phi) is 3.40. The van der Waals surface area contributed by atoms with E-state index in [0.29, 0.717) is 11.5 Å². The zero-order valence-electron chi connectivity index (χ0n) is 11.9. The molecule has 0 N–H and O–H groups in total. The molecule has 104 valence electrons. The third-order valence-corrected chi connectivity index (χ3v) is 4.57. The maximum atomic E-state index is 6.13. The summed E-state index contributed by atoms with van der Waals surface area (Å²) in [7, 11) is 3.91. The van der Waals surface area contributed by atoms with E-state index in [9.17, 15) is 0 Å². The molecule has 1 saturated heterocycles. The minimum atomic E-state index is 0.354. The number of hydrogen-bond donors (Lipinski definition) is 0. The van der Waals surface area contributed by atoms with Gasteiger partial charge < -0.3 is 14.4 Å². The van der Waals surface area contributed by atoms with E-state index in [1.165, 1.54) is 38.8 Å². The van der Waals surface area contributed by atoms with Crippen molar-refractivity contribution in [1.82, 2.24) is 4.90 Å². The maximum Gasteiger partial charge on any atom is 0.161 e. The molecule has 1 aromatic carbocycles. The van der Waals surface area contributed by atoms with Crippen LogP contribution in [0.4, 0.5) is 0 Å². The van der Waals surface area contributed by atoms with Gasteiger partial charge in [0.05, 0.1) is 13.2 Å². The van der Waals surface area contributed by atoms with E-state index in [-0.39, 0.29) is 0 Å². The molecule has 0 atom stereocenters. The summed E-state index contributed by atoms with van der Waals surface area (Å²) in [6.45, 7) is 2.54. The van der Waals surface area contributed by atoms with Crippen LogP contribution in [0.1, 0.15) is 25.7 Å². The standard InChI is InChI=1S/C16H23NO2/c1-17-11-16(12-17)9-7-13(8-10-16)19-15-6-4-3-5-14(15)18-2/h3-6,13H,7-12H2,1-2H3. The van der Waals surface area contributed by atoms with Gasteiger partial charge in [-0.1, -0.05) is 12.1 Å². The molecule has 2 fully saturated rings. The Hall–Kier alpha value is -1.22. The second kappa shape index (κ2) is 5.04. The Bertz CT molecular complexity index is 430. The molecule has 3 nitrogen and oxygen atoms in total. The van der Waals surface area contributed by atoms with Crippen LogP contribution in [-0.4, -0.2) is 38.3 Å². The van der Waals surface area contributed by atoms with Crippen LogP contribution in [-0.2, 0) is 0 Å². The summed E-state index contributed by atoms with van der Waals surface area (Å²) < 4.78 is 11.5. The minimum absolute atomic E-state index is 0.354. The molecule has 1 heterocycles. The number of nitrogens with zero attached hydrogens (tertiary/aromatic N) is 1. The van der Waals surface area contributed by atoms with Gasteiger partial charge >= 0.3 is 0 Å². The predicted molar refractivity (Wildman–Crippen MR) is 75.8 cm³/mol. The van der Waals surface area contributed by atoms with Crippen LogP contribution < -0.4 is 9.47 Å². The summed E-state index contributed by atoms with van der Waals surface area (Å²) in [5.74, 6) is 1.72. The second-order valence-electron chi connectivity index (χ2n) is 6.14. The zero-order valence-corrected chi connectivity index (χ0v) is 11.9. The van der Waals surface area contributed by atoms with Crippen LogP contribution in [0, 0.1) is 5.41 Å². The van der Waals surface area contributed by atoms with E-state index in [0.717, 1.165) is 11.5 Å². The average molecular weight is 261 g/mol. The molecule has 1 spiro atoms. The van der Waals surface area contributed by atoms with Crippen molar-refractivity contribution in [2.75, 3.05) is 27.2 Å². The van der Waals surface area contributed by atoms with Gasteiger partial charge in [0.15, 0.2) is 11.5 Å². The highest BCUT2D eigenvalue weighted by Gasteiger charge is 2.43. The van der Waals surface area contributed by atoms with Crippen molar-refractivity contribution < 1.29 is 9.47 Å². The molecule has 0 radical (unpaired) electrons. The highest BCUT2D eigenvalue weighted by molar-refractivity contribution is 5.39. The van der Waals surface area contributed by atoms with Crippen LogP contribution >= 0.6 is 0 Å². The highest BCUT2D eigenvalue weighted by Crippen LogP contribution is 2.44. The van der Waals surface area contributed by atoms with E-state index < -0.39 is 0 Å². The first-order valence-electron chi connectivity index (χ1n) is 7.19. The van der Waals surface area contributed by atoms with E-state index >= 15 is 0 Å². The molecule has 0 unspecified atom stereocenters. The fourth-order valence-electron chi connectivity index (χ4n) is 3.63. The van der Waals surface area contributed by atoms with Crippen LogP contribution in [0.3, 0.4) is 0 Å². The van der Waals surface area contributed by atoms with E-state index in [1.807, 2.05) is 24.3 Å². The van der Waals surface area contributed by atoms with Gasteiger partial charge in [0, 0.05) is 13.1 Å². The molecule has 3 heteroatoms. The number of rotatable bonds is 3. The number of hydrogen-bond acceptors (Lipinski definition) is 3. The predicted octanol–water partition coefficient (Wildman–Crippen LogP) is 2.95. The van der Waals surface area contributed by atoms with Gasteiger partial charge in [0.1, 0.15) is 0 Å². The SMILES string of the molecule is COc1ccccc1OC1CCC2(CC1)CN(C)C2. The summed E-state index contributed by atoms with van der Waals surface area (Å²) >= 11 is 0. The van der Waals surface area contributed by atoms with Crippen LogP contribution in [0.2, 0.25) is 0 Å². The van der Waals surface area contributed by atoms with Crippen LogP contribution in [0.5, 0.6) is 11.5 Å². The van der Waals surface area contributed by atoms with Gasteiger partial charge in [0.2, 0.25) is 0 Å². The largest absolute Gasteiger partial charge is 0.493 e. The Labute approximate surface area is 115 Å². The number of ether oxygens (including phenoxy) is 2. The van der Waals surface area contributed by atoms with Crippen molar-refractivity contribution in [3.8, 4) is 11.5 Å². The van der Waals surface area contributed by atoms with Crippen LogP contribution in [0.25, 0.3) is 0 Å². The van der Waals surface area contributed by atoms with Crippen molar-refractivity contribution in [1.29, 1.82) is 0 Å². The summed E-state index contributed by atoms with van der Waals surface area (Å²) in [5.41, 5.74) is 0.607. The first-order chi connectivity index (χ1) is 9.21. The van der Waals surface area contributed by atoms with Gasteiger partial charge in [-0.2, -0.15) is 0 Å². The molecule has 0 aromatic heterocycles. The molecule has 1 aliphatic carbocycles. The first kappa shape index (κ1) is 12.8. The van der Waals surface area contributed by atoms with Gasteiger partial charge in [0.25, 0.3) is 0 Å². The summed E-state index contributed by atoms with van der Waals surface area (Å²) in [5, 5.41) is 0. The third kappa shape index (κ3) is 2.57. The van der Waals surface area contributed by atoms with Gasteiger partial charge in [-0.05, 0) is 50.3 Å². The molecular formula is C16H23NO2. The quantitative estimate of drug-likeness (QED) is 0.835. The Morgan fingerprint density at radius 1 is 1.11 bits per heavy atom. The first-order valence-corrected chi connectivity index (χ1v) is 7.19. The van der Waals surface area contributed by atoms with Crippen LogP contribution in [0.15, 0.2) is 24.3 Å². The van der Waals surface area contributed by atoms with E-state index in [2.05, 4.69) is 11.9 Å². The highest BCUT2D eigenvalue weighted by atomic mass is 16.5. The molecule has 1 aromatic rings. The van der Waals surface area contributed by atoms with Crippen molar-refractivity contribution >= 4 is 0 Å². The van der Waals surface area contributed by atoms with E-state index in [4.69, 9.17) is 9.47 Å². The topological polar surface area (TPSA) is 21.7 Å². The van der Waals surface area contributed by atoms with Crippen molar-refractivity contribution in [3.05, 3.63) is 24.3 Å². The van der Waals surface area contributed by atoms with Gasteiger partial charge in [-0.15, -0.1) is 0 Å². The lowest BCUT2D eigenvalue weighted by atomic mass is 9.68. The average Bonchev–Trinajstić information content (AvgIpc) is 2.40. The van der Waals surface area contributed by atoms with Crippen molar-refractivity contribution in [2.45, 2.75) is 31.8 Å². The number of para-hydroxylation sites is 2. The summed E-state index contributed by atoms with van der Waals surface area (Å²) in [6.07, 6.45) is 5.30. The minimum Gasteiger partial charge on any atom is -0.493 e. The summed E-state index contributed by atoms with van der Waals surface area (Å²) in [4.78, 5) is 2.42. The fourth-order valence-corrected chi connectivity index (χ4v) is 3.63. The third-order valence-electron chi connectivity index (χ3n) is 4.57. The summed E-state index contributed by atoms with van der Waals surface area (Å²) in [6, 6.07) is 7.94. The molecular weight excluding hydrogens is 238 g/mol. The van der Waals surface area contributed by atoms with Gasteiger partial charge in [-0.3, -0.25) is 0 Å². The molecule has 3 rings (SSSR count). The number of likely N-dealkylation sites (tertiary alicyclic amines) is 1. The Morgan fingerprint density at radius 2 is 1.74 bits per heavy atom. The molecule has 19 heavy (non-hydrogen) atoms. The zero-order chi connectivity index (χ0) is 13.3. The number of methoxy groups -OCH3 is 1. The van der Waals surface area contributed by atoms with Crippen molar-refractivity contribution in [2.24, 2.45) is 5.41 Å². The molecule has 2 aliphatic rings. The second-order valence-corrected chi connectivity index (χ2v) is 6.14.